The van der Waals surface area contributed by atoms with Crippen molar-refractivity contribution in [2.45, 2.75) is 25.3 Å². The molecule has 4 nitrogen and oxygen atoms in total. The van der Waals surface area contributed by atoms with E-state index in [0.717, 1.165) is 32.4 Å². The van der Waals surface area contributed by atoms with Gasteiger partial charge in [-0.2, -0.15) is 0 Å². The van der Waals surface area contributed by atoms with E-state index >= 15 is 0 Å². The molecule has 1 aliphatic heterocycles. The summed E-state index contributed by atoms with van der Waals surface area (Å²) >= 11 is 0. The second kappa shape index (κ2) is 5.40. The number of nitrogens with two attached hydrogens (primary N) is 1. The maximum Gasteiger partial charge on any atom is 0.321 e. The van der Waals surface area contributed by atoms with Gasteiger partial charge in [0.1, 0.15) is 5.82 Å². The van der Waals surface area contributed by atoms with Crippen LogP contribution in [0.1, 0.15) is 19.3 Å². The number of urea groups is 1. The molecule has 2 aliphatic rings. The van der Waals surface area contributed by atoms with Gasteiger partial charge in [0.05, 0.1) is 5.69 Å². The lowest BCUT2D eigenvalue weighted by Gasteiger charge is -2.27. The molecule has 3 atom stereocenters. The average Bonchev–Trinajstić information content (AvgIpc) is 2.84. The molecule has 0 bridgehead atoms. The molecule has 0 spiro atoms. The topological polar surface area (TPSA) is 58.4 Å². The maximum absolute atomic E-state index is 13.5. The van der Waals surface area contributed by atoms with Crippen LogP contribution in [0.3, 0.4) is 0 Å². The first-order chi connectivity index (χ1) is 9.63. The van der Waals surface area contributed by atoms with Crippen molar-refractivity contribution in [2.75, 3.05) is 18.4 Å². The summed E-state index contributed by atoms with van der Waals surface area (Å²) in [5.74, 6) is 0.658. The van der Waals surface area contributed by atoms with Gasteiger partial charge in [-0.1, -0.05) is 12.1 Å². The Balaban J connectivity index is 1.63. The molecule has 2 amide bonds. The molecule has 1 saturated carbocycles. The fourth-order valence-electron chi connectivity index (χ4n) is 3.39. The Hall–Kier alpha value is -1.62. The van der Waals surface area contributed by atoms with Crippen LogP contribution in [0.15, 0.2) is 24.3 Å². The maximum atomic E-state index is 13.5. The Morgan fingerprint density at radius 2 is 2.00 bits per heavy atom. The fraction of sp³-hybridized carbons (Fsp3) is 0.533. The van der Waals surface area contributed by atoms with Gasteiger partial charge >= 0.3 is 6.03 Å². The molecule has 1 unspecified atom stereocenters. The van der Waals surface area contributed by atoms with Crippen LogP contribution >= 0.6 is 0 Å². The Kier molecular flexibility index (Phi) is 3.61. The van der Waals surface area contributed by atoms with Gasteiger partial charge in [-0.15, -0.1) is 0 Å². The van der Waals surface area contributed by atoms with Crippen molar-refractivity contribution in [1.29, 1.82) is 0 Å². The third kappa shape index (κ3) is 2.63. The molecular weight excluding hydrogens is 257 g/mol. The molecule has 1 saturated heterocycles. The van der Waals surface area contributed by atoms with E-state index in [1.54, 1.807) is 23.1 Å². The highest BCUT2D eigenvalue weighted by Crippen LogP contribution is 2.35. The Bertz CT molecular complexity index is 508. The highest BCUT2D eigenvalue weighted by atomic mass is 19.1. The smallest absolute Gasteiger partial charge is 0.321 e. The van der Waals surface area contributed by atoms with Crippen molar-refractivity contribution >= 4 is 11.7 Å². The van der Waals surface area contributed by atoms with Gasteiger partial charge < -0.3 is 16.0 Å². The number of likely N-dealkylation sites (tertiary alicyclic amines) is 1. The van der Waals surface area contributed by atoms with Crippen molar-refractivity contribution in [1.82, 2.24) is 4.90 Å². The van der Waals surface area contributed by atoms with Crippen molar-refractivity contribution in [3.63, 3.8) is 0 Å². The van der Waals surface area contributed by atoms with E-state index in [1.807, 2.05) is 0 Å². The number of benzene rings is 1. The Morgan fingerprint density at radius 1 is 1.25 bits per heavy atom. The van der Waals surface area contributed by atoms with Gasteiger partial charge in [-0.3, -0.25) is 0 Å². The number of carbonyl (C=O) groups is 1. The zero-order valence-electron chi connectivity index (χ0n) is 11.4. The number of hydrogen-bond donors (Lipinski definition) is 2. The fourth-order valence-corrected chi connectivity index (χ4v) is 3.39. The van der Waals surface area contributed by atoms with Crippen LogP contribution in [0.2, 0.25) is 0 Å². The van der Waals surface area contributed by atoms with Gasteiger partial charge in [0.25, 0.3) is 0 Å². The molecule has 108 valence electrons. The summed E-state index contributed by atoms with van der Waals surface area (Å²) < 4.78 is 13.5. The standard InChI is InChI=1S/C15H20FN3O/c16-13-3-1-2-4-14(13)18-15(20)19-8-10-5-6-12(17)7-11(10)9-19/h1-4,10-12H,5-9,17H2,(H,18,20)/t10-,11+,12?/m1/s1. The van der Waals surface area contributed by atoms with Gasteiger partial charge in [0.2, 0.25) is 0 Å². The minimum Gasteiger partial charge on any atom is -0.328 e. The quantitative estimate of drug-likeness (QED) is 0.828. The monoisotopic (exact) mass is 277 g/mol. The molecular formula is C15H20FN3O. The van der Waals surface area contributed by atoms with Crippen LogP contribution < -0.4 is 11.1 Å². The second-order valence-electron chi connectivity index (χ2n) is 5.91. The average molecular weight is 277 g/mol. The summed E-state index contributed by atoms with van der Waals surface area (Å²) in [4.78, 5) is 14.0. The molecule has 5 heteroatoms. The van der Waals surface area contributed by atoms with Crippen LogP contribution in [0, 0.1) is 17.7 Å². The second-order valence-corrected chi connectivity index (χ2v) is 5.91. The first kappa shape index (κ1) is 13.4. The number of amides is 2. The lowest BCUT2D eigenvalue weighted by Crippen LogP contribution is -2.33. The van der Waals surface area contributed by atoms with E-state index < -0.39 is 5.82 Å². The first-order valence-corrected chi connectivity index (χ1v) is 7.19. The molecule has 3 rings (SSSR count). The number of anilines is 1. The predicted molar refractivity (Wildman–Crippen MR) is 75.8 cm³/mol. The summed E-state index contributed by atoms with van der Waals surface area (Å²) in [5, 5.41) is 2.65. The van der Waals surface area contributed by atoms with E-state index in [-0.39, 0.29) is 17.8 Å². The lowest BCUT2D eigenvalue weighted by atomic mass is 9.79. The van der Waals surface area contributed by atoms with Crippen molar-refractivity contribution < 1.29 is 9.18 Å². The molecule has 1 aliphatic carbocycles. The summed E-state index contributed by atoms with van der Waals surface area (Å²) in [6.07, 6.45) is 3.13. The Morgan fingerprint density at radius 3 is 2.80 bits per heavy atom. The summed E-state index contributed by atoms with van der Waals surface area (Å²) in [7, 11) is 0. The van der Waals surface area contributed by atoms with E-state index in [2.05, 4.69) is 5.32 Å². The molecule has 0 radical (unpaired) electrons. The number of halogens is 1. The van der Waals surface area contributed by atoms with Crippen LogP contribution in [-0.4, -0.2) is 30.1 Å². The zero-order valence-corrected chi connectivity index (χ0v) is 11.4. The minimum atomic E-state index is -0.403. The highest BCUT2D eigenvalue weighted by Gasteiger charge is 2.38. The lowest BCUT2D eigenvalue weighted by molar-refractivity contribution is 0.220. The first-order valence-electron chi connectivity index (χ1n) is 7.19. The van der Waals surface area contributed by atoms with Crippen molar-refractivity contribution in [3.05, 3.63) is 30.1 Å². The molecule has 0 aromatic heterocycles. The number of hydrogen-bond acceptors (Lipinski definition) is 2. The molecule has 1 aromatic carbocycles. The summed E-state index contributed by atoms with van der Waals surface area (Å²) in [6, 6.07) is 6.30. The van der Waals surface area contributed by atoms with Crippen LogP contribution in [0.25, 0.3) is 0 Å². The number of fused-ring (bicyclic) bond motifs is 1. The molecule has 3 N–H and O–H groups in total. The van der Waals surface area contributed by atoms with Gasteiger partial charge in [-0.25, -0.2) is 9.18 Å². The third-order valence-corrected chi connectivity index (χ3v) is 4.49. The van der Waals surface area contributed by atoms with Gasteiger partial charge in [-0.05, 0) is 43.2 Å². The van der Waals surface area contributed by atoms with Crippen molar-refractivity contribution in [2.24, 2.45) is 17.6 Å². The number of rotatable bonds is 1. The zero-order chi connectivity index (χ0) is 14.1. The Labute approximate surface area is 118 Å². The number of nitrogens with zero attached hydrogens (tertiary/aromatic N) is 1. The number of carbonyl (C=O) groups excluding carboxylic acids is 1. The van der Waals surface area contributed by atoms with Gasteiger partial charge in [0, 0.05) is 19.1 Å². The molecule has 1 aromatic rings. The van der Waals surface area contributed by atoms with Crippen LogP contribution in [0.5, 0.6) is 0 Å². The van der Waals surface area contributed by atoms with Crippen molar-refractivity contribution in [3.8, 4) is 0 Å². The third-order valence-electron chi connectivity index (χ3n) is 4.49. The molecule has 1 heterocycles. The number of para-hydroxylation sites is 1. The van der Waals surface area contributed by atoms with E-state index in [1.165, 1.54) is 6.07 Å². The summed E-state index contributed by atoms with van der Waals surface area (Å²) in [6.45, 7) is 1.50. The minimum absolute atomic E-state index is 0.210. The van der Waals surface area contributed by atoms with Gasteiger partial charge in [0.15, 0.2) is 0 Å². The van der Waals surface area contributed by atoms with Crippen LogP contribution in [-0.2, 0) is 0 Å². The summed E-state index contributed by atoms with van der Waals surface area (Å²) in [5.41, 5.74) is 6.23. The largest absolute Gasteiger partial charge is 0.328 e. The highest BCUT2D eigenvalue weighted by molar-refractivity contribution is 5.89. The number of nitrogens with one attached hydrogen (secondary N) is 1. The SMILES string of the molecule is NC1CC[C@@H]2CN(C(=O)Nc3ccccc3F)C[C@@H]2C1. The van der Waals surface area contributed by atoms with Crippen LogP contribution in [0.4, 0.5) is 14.9 Å². The van der Waals surface area contributed by atoms with E-state index in [4.69, 9.17) is 5.73 Å². The normalized spacial score (nSPS) is 29.1. The molecule has 20 heavy (non-hydrogen) atoms. The van der Waals surface area contributed by atoms with E-state index in [9.17, 15) is 9.18 Å². The predicted octanol–water partition coefficient (Wildman–Crippen LogP) is 2.42. The molecule has 2 fully saturated rings. The van der Waals surface area contributed by atoms with E-state index in [0.29, 0.717) is 11.8 Å².